The second kappa shape index (κ2) is 8.06. The molecule has 1 N–H and O–H groups in total. The molecule has 0 bridgehead atoms. The maximum Gasteiger partial charge on any atom is 0.273 e. The second-order valence-corrected chi connectivity index (χ2v) is 9.05. The zero-order valence-electron chi connectivity index (χ0n) is 16.0. The molecule has 3 heterocycles. The van der Waals surface area contributed by atoms with Gasteiger partial charge in [0.2, 0.25) is 0 Å². The van der Waals surface area contributed by atoms with Gasteiger partial charge in [-0.05, 0) is 22.2 Å². The average Bonchev–Trinajstić information content (AvgIpc) is 3.46. The van der Waals surface area contributed by atoms with Gasteiger partial charge in [0.25, 0.3) is 5.91 Å². The number of quaternary nitrogens is 1. The van der Waals surface area contributed by atoms with Crippen molar-refractivity contribution in [3.63, 3.8) is 0 Å². The van der Waals surface area contributed by atoms with E-state index < -0.39 is 0 Å². The molecule has 146 valence electrons. The summed E-state index contributed by atoms with van der Waals surface area (Å²) < 4.78 is 0. The maximum absolute atomic E-state index is 12.9. The number of nitrogens with one attached hydrogen (secondary N) is 1. The number of nitrogens with zero attached hydrogens (tertiary/aromatic N) is 2. The summed E-state index contributed by atoms with van der Waals surface area (Å²) in [5, 5.41) is 9.56. The Bertz CT molecular complexity index is 1120. The fourth-order valence-electron chi connectivity index (χ4n) is 3.97. The summed E-state index contributed by atoms with van der Waals surface area (Å²) in [7, 11) is 0. The van der Waals surface area contributed by atoms with E-state index >= 15 is 0 Å². The summed E-state index contributed by atoms with van der Waals surface area (Å²) in [5.74, 6) is 0.0620. The summed E-state index contributed by atoms with van der Waals surface area (Å²) in [6, 6.07) is 17.2. The van der Waals surface area contributed by atoms with Crippen molar-refractivity contribution in [2.45, 2.75) is 6.54 Å². The Labute approximate surface area is 178 Å². The van der Waals surface area contributed by atoms with E-state index in [0.717, 1.165) is 43.3 Å². The van der Waals surface area contributed by atoms with E-state index in [1.807, 2.05) is 21.7 Å². The van der Waals surface area contributed by atoms with Gasteiger partial charge in [-0.15, -0.1) is 11.3 Å². The minimum absolute atomic E-state index is 0.0620. The molecule has 1 aliphatic heterocycles. The predicted molar refractivity (Wildman–Crippen MR) is 120 cm³/mol. The summed E-state index contributed by atoms with van der Waals surface area (Å²) >= 11 is 3.20. The van der Waals surface area contributed by atoms with Gasteiger partial charge < -0.3 is 9.80 Å². The average molecular weight is 421 g/mol. The van der Waals surface area contributed by atoms with Crippen LogP contribution in [0.15, 0.2) is 64.7 Å². The first kappa shape index (κ1) is 18.5. The van der Waals surface area contributed by atoms with Crippen LogP contribution in [0.3, 0.4) is 0 Å². The van der Waals surface area contributed by atoms with Gasteiger partial charge in [-0.2, -0.15) is 11.3 Å². The normalized spacial score (nSPS) is 15.1. The van der Waals surface area contributed by atoms with Crippen molar-refractivity contribution in [2.24, 2.45) is 0 Å². The minimum Gasteiger partial charge on any atom is -0.328 e. The lowest BCUT2D eigenvalue weighted by Crippen LogP contribution is -3.13. The van der Waals surface area contributed by atoms with Crippen LogP contribution in [0, 0.1) is 0 Å². The third kappa shape index (κ3) is 3.83. The van der Waals surface area contributed by atoms with Crippen LogP contribution < -0.4 is 4.90 Å². The Morgan fingerprint density at radius 3 is 2.69 bits per heavy atom. The van der Waals surface area contributed by atoms with E-state index in [0.29, 0.717) is 5.69 Å². The van der Waals surface area contributed by atoms with Gasteiger partial charge in [-0.3, -0.25) is 4.79 Å². The van der Waals surface area contributed by atoms with Crippen LogP contribution in [0.4, 0.5) is 0 Å². The van der Waals surface area contributed by atoms with E-state index in [4.69, 9.17) is 0 Å². The Hall–Kier alpha value is -2.54. The molecule has 4 aromatic rings. The van der Waals surface area contributed by atoms with Gasteiger partial charge >= 0.3 is 0 Å². The third-order valence-corrected chi connectivity index (χ3v) is 7.14. The van der Waals surface area contributed by atoms with Crippen molar-refractivity contribution < 1.29 is 9.69 Å². The van der Waals surface area contributed by atoms with Gasteiger partial charge in [0.1, 0.15) is 17.2 Å². The van der Waals surface area contributed by atoms with Gasteiger partial charge in [0.05, 0.1) is 26.2 Å². The van der Waals surface area contributed by atoms with E-state index in [1.54, 1.807) is 22.7 Å². The number of thiophene rings is 1. The number of benzene rings is 2. The highest BCUT2D eigenvalue weighted by atomic mass is 32.1. The molecule has 4 nitrogen and oxygen atoms in total. The van der Waals surface area contributed by atoms with Crippen LogP contribution in [-0.4, -0.2) is 42.0 Å². The lowest BCUT2D eigenvalue weighted by molar-refractivity contribution is -0.917. The monoisotopic (exact) mass is 420 g/mol. The Morgan fingerprint density at radius 2 is 1.86 bits per heavy atom. The number of amides is 1. The molecule has 0 aliphatic carbocycles. The Morgan fingerprint density at radius 1 is 1.03 bits per heavy atom. The SMILES string of the molecule is O=C(c1csc(-c2ccsc2)n1)N1CC[NH+](Cc2cccc3ccccc23)CC1. The molecule has 0 unspecified atom stereocenters. The zero-order valence-corrected chi connectivity index (χ0v) is 17.6. The zero-order chi connectivity index (χ0) is 19.6. The summed E-state index contributed by atoms with van der Waals surface area (Å²) in [5.41, 5.74) is 3.06. The number of aromatic nitrogens is 1. The minimum atomic E-state index is 0.0620. The van der Waals surface area contributed by atoms with Crippen LogP contribution in [0.25, 0.3) is 21.3 Å². The largest absolute Gasteiger partial charge is 0.328 e. The highest BCUT2D eigenvalue weighted by Crippen LogP contribution is 2.26. The van der Waals surface area contributed by atoms with Crippen LogP contribution in [0.5, 0.6) is 0 Å². The van der Waals surface area contributed by atoms with Crippen molar-refractivity contribution in [1.82, 2.24) is 9.88 Å². The van der Waals surface area contributed by atoms with Crippen molar-refractivity contribution in [2.75, 3.05) is 26.2 Å². The van der Waals surface area contributed by atoms with Crippen molar-refractivity contribution >= 4 is 39.4 Å². The van der Waals surface area contributed by atoms with Gasteiger partial charge in [0, 0.05) is 21.9 Å². The molecular weight excluding hydrogens is 398 g/mol. The van der Waals surface area contributed by atoms with E-state index in [2.05, 4.69) is 52.8 Å². The van der Waals surface area contributed by atoms with Crippen LogP contribution in [-0.2, 0) is 6.54 Å². The maximum atomic E-state index is 12.9. The number of hydrogen-bond donors (Lipinski definition) is 1. The van der Waals surface area contributed by atoms with Crippen LogP contribution in [0.1, 0.15) is 16.1 Å². The smallest absolute Gasteiger partial charge is 0.273 e. The standard InChI is InChI=1S/C23H21N3OS2/c27-23(21-16-29-22(24-21)19-8-13-28-15-19)26-11-9-25(10-12-26)14-18-6-3-5-17-4-1-2-7-20(17)18/h1-8,13,15-16H,9-12,14H2/p+1. The fourth-order valence-corrected chi connectivity index (χ4v) is 5.48. The molecule has 1 aliphatic rings. The molecule has 2 aromatic carbocycles. The Kier molecular flexibility index (Phi) is 5.14. The number of fused-ring (bicyclic) bond motifs is 1. The summed E-state index contributed by atoms with van der Waals surface area (Å²) in [4.78, 5) is 20.9. The molecular formula is C23H22N3OS2+. The molecule has 2 aromatic heterocycles. The molecule has 1 saturated heterocycles. The van der Waals surface area contributed by atoms with Gasteiger partial charge in [-0.25, -0.2) is 4.98 Å². The van der Waals surface area contributed by atoms with Crippen molar-refractivity contribution in [1.29, 1.82) is 0 Å². The number of piperazine rings is 1. The lowest BCUT2D eigenvalue weighted by Gasteiger charge is -2.32. The number of thiazole rings is 1. The highest BCUT2D eigenvalue weighted by Gasteiger charge is 2.26. The van der Waals surface area contributed by atoms with Crippen molar-refractivity contribution in [3.05, 3.63) is 75.9 Å². The number of carbonyl (C=O) groups excluding carboxylic acids is 1. The quantitative estimate of drug-likeness (QED) is 0.548. The van der Waals surface area contributed by atoms with E-state index in [-0.39, 0.29) is 5.91 Å². The lowest BCUT2D eigenvalue weighted by atomic mass is 10.0. The molecule has 1 fully saturated rings. The van der Waals surface area contributed by atoms with E-state index in [9.17, 15) is 4.79 Å². The van der Waals surface area contributed by atoms with Crippen LogP contribution in [0.2, 0.25) is 0 Å². The summed E-state index contributed by atoms with van der Waals surface area (Å²) in [6.07, 6.45) is 0. The number of rotatable bonds is 4. The highest BCUT2D eigenvalue weighted by molar-refractivity contribution is 7.14. The molecule has 0 radical (unpaired) electrons. The number of carbonyl (C=O) groups is 1. The molecule has 0 saturated carbocycles. The molecule has 5 rings (SSSR count). The Balaban J connectivity index is 1.23. The fraction of sp³-hybridized carbons (Fsp3) is 0.217. The van der Waals surface area contributed by atoms with E-state index in [1.165, 1.54) is 21.2 Å². The summed E-state index contributed by atoms with van der Waals surface area (Å²) in [6.45, 7) is 4.50. The second-order valence-electron chi connectivity index (χ2n) is 7.41. The van der Waals surface area contributed by atoms with Gasteiger partial charge in [0.15, 0.2) is 0 Å². The molecule has 29 heavy (non-hydrogen) atoms. The topological polar surface area (TPSA) is 37.6 Å². The number of hydrogen-bond acceptors (Lipinski definition) is 4. The molecule has 6 heteroatoms. The van der Waals surface area contributed by atoms with Gasteiger partial charge in [-0.1, -0.05) is 42.5 Å². The first-order valence-electron chi connectivity index (χ1n) is 9.85. The van der Waals surface area contributed by atoms with Crippen LogP contribution >= 0.6 is 22.7 Å². The molecule has 0 spiro atoms. The first-order chi connectivity index (χ1) is 14.3. The first-order valence-corrected chi connectivity index (χ1v) is 11.7. The molecule has 1 amide bonds. The third-order valence-electron chi connectivity index (χ3n) is 5.57. The van der Waals surface area contributed by atoms with Crippen molar-refractivity contribution in [3.8, 4) is 10.6 Å². The predicted octanol–water partition coefficient (Wildman–Crippen LogP) is 3.57. The molecule has 0 atom stereocenters.